The van der Waals surface area contributed by atoms with Gasteiger partial charge in [-0.1, -0.05) is 103 Å². The van der Waals surface area contributed by atoms with Gasteiger partial charge in [-0.3, -0.25) is 18.5 Å². The lowest BCUT2D eigenvalue weighted by molar-refractivity contribution is 0.569. The highest BCUT2D eigenvalue weighted by molar-refractivity contribution is 6.43. The molecule has 0 aliphatic rings. The van der Waals surface area contributed by atoms with Crippen molar-refractivity contribution in [2.75, 3.05) is 7.05 Å². The third-order valence-corrected chi connectivity index (χ3v) is 8.98. The molecule has 0 spiro atoms. The van der Waals surface area contributed by atoms with Gasteiger partial charge in [-0.25, -0.2) is 0 Å². The van der Waals surface area contributed by atoms with E-state index in [2.05, 4.69) is 139 Å². The molecule has 3 aromatic rings. The number of aliphatic imine (C=N–C) groups is 1. The van der Waals surface area contributed by atoms with Crippen molar-refractivity contribution < 1.29 is 8.63 Å². The highest BCUT2D eigenvalue weighted by Crippen LogP contribution is 2.40. The van der Waals surface area contributed by atoms with Crippen molar-refractivity contribution in [3.05, 3.63) is 112 Å². The van der Waals surface area contributed by atoms with Crippen LogP contribution in [0.15, 0.2) is 105 Å². The van der Waals surface area contributed by atoms with E-state index in [0.717, 1.165) is 50.3 Å². The van der Waals surface area contributed by atoms with Gasteiger partial charge in [0.25, 0.3) is 0 Å². The molecule has 0 saturated carbocycles. The molecule has 0 N–H and O–H groups in total. The average molecular weight is 635 g/mol. The SMILES string of the molecule is C/N=C(C)/C=C(C)\C(C)=C(/c1cc(-c2ccccc2)cc(-c2cc(C(C)(C)C)cc(C(C)(C)C)c2)c1)C(C)/C(C)=C\C(C)=N\B(F)F. The molecular formula is C42H53BF2N2. The van der Waals surface area contributed by atoms with Crippen LogP contribution in [0.3, 0.4) is 0 Å². The van der Waals surface area contributed by atoms with Crippen LogP contribution in [0.4, 0.5) is 8.63 Å². The van der Waals surface area contributed by atoms with Crippen molar-refractivity contribution in [3.8, 4) is 22.3 Å². The Kier molecular flexibility index (Phi) is 12.3. The molecule has 3 rings (SSSR count). The fourth-order valence-corrected chi connectivity index (χ4v) is 5.77. The van der Waals surface area contributed by atoms with Gasteiger partial charge in [-0.2, -0.15) is 0 Å². The Bertz CT molecular complexity index is 1690. The number of rotatable bonds is 9. The first-order valence-electron chi connectivity index (χ1n) is 16.5. The molecule has 248 valence electrons. The molecule has 0 aliphatic heterocycles. The van der Waals surface area contributed by atoms with Crippen LogP contribution in [0, 0.1) is 5.92 Å². The molecule has 1 atom stereocenters. The second-order valence-corrected chi connectivity index (χ2v) is 14.9. The number of benzene rings is 3. The summed E-state index contributed by atoms with van der Waals surface area (Å²) in [6, 6.07) is 24.4. The molecule has 0 heterocycles. The van der Waals surface area contributed by atoms with E-state index in [1.807, 2.05) is 19.9 Å². The van der Waals surface area contributed by atoms with Crippen LogP contribution in [0.1, 0.15) is 99.8 Å². The van der Waals surface area contributed by atoms with Gasteiger partial charge in [-0.15, -0.1) is 0 Å². The lowest BCUT2D eigenvalue weighted by Crippen LogP contribution is -2.16. The van der Waals surface area contributed by atoms with Gasteiger partial charge in [0, 0.05) is 24.4 Å². The molecule has 0 bridgehead atoms. The zero-order chi connectivity index (χ0) is 35.3. The Labute approximate surface area is 283 Å². The van der Waals surface area contributed by atoms with Crippen LogP contribution >= 0.6 is 0 Å². The Morgan fingerprint density at radius 1 is 0.681 bits per heavy atom. The van der Waals surface area contributed by atoms with Gasteiger partial charge in [0.2, 0.25) is 0 Å². The number of nitrogens with zero attached hydrogens (tertiary/aromatic N) is 2. The summed E-state index contributed by atoms with van der Waals surface area (Å²) in [6.45, 7) is 25.6. The summed E-state index contributed by atoms with van der Waals surface area (Å²) in [4.78, 5) is 7.86. The first-order valence-corrected chi connectivity index (χ1v) is 16.5. The number of allylic oxidation sites excluding steroid dienone is 6. The Morgan fingerprint density at radius 3 is 1.68 bits per heavy atom. The van der Waals surface area contributed by atoms with E-state index in [1.54, 1.807) is 20.0 Å². The summed E-state index contributed by atoms with van der Waals surface area (Å²) in [7, 11) is -0.938. The maximum absolute atomic E-state index is 13.1. The molecule has 3 aromatic carbocycles. The predicted molar refractivity (Wildman–Crippen MR) is 204 cm³/mol. The molecule has 2 nitrogen and oxygen atoms in total. The van der Waals surface area contributed by atoms with Crippen LogP contribution in [-0.2, 0) is 10.8 Å². The minimum Gasteiger partial charge on any atom is -0.293 e. The van der Waals surface area contributed by atoms with Gasteiger partial charge >= 0.3 is 7.40 Å². The van der Waals surface area contributed by atoms with Gasteiger partial charge < -0.3 is 0 Å². The van der Waals surface area contributed by atoms with Crippen LogP contribution in [0.5, 0.6) is 0 Å². The maximum atomic E-state index is 13.1. The third kappa shape index (κ3) is 10.1. The highest BCUT2D eigenvalue weighted by atomic mass is 19.2. The summed E-state index contributed by atoms with van der Waals surface area (Å²) in [5.41, 5.74) is 13.8. The van der Waals surface area contributed by atoms with Gasteiger partial charge in [0.1, 0.15) is 0 Å². The number of hydrogen-bond acceptors (Lipinski definition) is 2. The molecule has 5 heteroatoms. The predicted octanol–water partition coefficient (Wildman–Crippen LogP) is 12.4. The van der Waals surface area contributed by atoms with E-state index in [0.29, 0.717) is 5.71 Å². The topological polar surface area (TPSA) is 24.7 Å². The van der Waals surface area contributed by atoms with Crippen molar-refractivity contribution in [2.45, 2.75) is 93.9 Å². The van der Waals surface area contributed by atoms with Crippen molar-refractivity contribution in [3.63, 3.8) is 0 Å². The average Bonchev–Trinajstić information content (AvgIpc) is 2.99. The summed E-state index contributed by atoms with van der Waals surface area (Å²) in [5, 5.41) is 0. The molecular weight excluding hydrogens is 581 g/mol. The number of hydrogen-bond donors (Lipinski definition) is 0. The summed E-state index contributed by atoms with van der Waals surface area (Å²) < 4.78 is 26.2. The van der Waals surface area contributed by atoms with E-state index in [-0.39, 0.29) is 16.7 Å². The van der Waals surface area contributed by atoms with E-state index < -0.39 is 7.40 Å². The first-order chi connectivity index (χ1) is 21.8. The molecule has 0 radical (unpaired) electrons. The van der Waals surface area contributed by atoms with Crippen LogP contribution in [0.2, 0.25) is 0 Å². The van der Waals surface area contributed by atoms with Gasteiger partial charge in [0.05, 0.1) is 0 Å². The zero-order valence-electron chi connectivity index (χ0n) is 30.8. The Morgan fingerprint density at radius 2 is 1.19 bits per heavy atom. The van der Waals surface area contributed by atoms with Crippen LogP contribution in [0.25, 0.3) is 27.8 Å². The quantitative estimate of drug-likeness (QED) is 0.127. The summed E-state index contributed by atoms with van der Waals surface area (Å²) in [5.74, 6) is -0.0787. The lowest BCUT2D eigenvalue weighted by Gasteiger charge is -2.27. The summed E-state index contributed by atoms with van der Waals surface area (Å²) >= 11 is 0. The van der Waals surface area contributed by atoms with Gasteiger partial charge in [-0.05, 0) is 131 Å². The highest BCUT2D eigenvalue weighted by Gasteiger charge is 2.23. The number of halogens is 2. The molecule has 0 aliphatic carbocycles. The molecule has 0 fully saturated rings. The van der Waals surface area contributed by atoms with E-state index in [9.17, 15) is 8.63 Å². The van der Waals surface area contributed by atoms with E-state index in [4.69, 9.17) is 0 Å². The molecule has 47 heavy (non-hydrogen) atoms. The smallest absolute Gasteiger partial charge is 0.293 e. The Balaban J connectivity index is 2.48. The van der Waals surface area contributed by atoms with Crippen molar-refractivity contribution >= 4 is 24.4 Å². The van der Waals surface area contributed by atoms with E-state index >= 15 is 0 Å². The fourth-order valence-electron chi connectivity index (χ4n) is 5.77. The molecule has 0 amide bonds. The van der Waals surface area contributed by atoms with Gasteiger partial charge in [0.15, 0.2) is 0 Å². The molecule has 1 unspecified atom stereocenters. The maximum Gasteiger partial charge on any atom is 0.692 e. The molecule has 0 saturated heterocycles. The lowest BCUT2D eigenvalue weighted by atomic mass is 9.78. The first kappa shape index (κ1) is 37.6. The minimum absolute atomic E-state index is 0.0216. The van der Waals surface area contributed by atoms with Crippen LogP contribution < -0.4 is 0 Å². The van der Waals surface area contributed by atoms with Crippen molar-refractivity contribution in [1.82, 2.24) is 0 Å². The second kappa shape index (κ2) is 15.4. The van der Waals surface area contributed by atoms with E-state index in [1.165, 1.54) is 16.7 Å². The van der Waals surface area contributed by atoms with Crippen molar-refractivity contribution in [2.24, 2.45) is 15.8 Å². The normalized spacial score (nSPS) is 15.0. The zero-order valence-corrected chi connectivity index (χ0v) is 30.8. The third-order valence-electron chi connectivity index (χ3n) is 8.98. The second-order valence-electron chi connectivity index (χ2n) is 14.9. The van der Waals surface area contributed by atoms with Crippen molar-refractivity contribution in [1.29, 1.82) is 0 Å². The monoisotopic (exact) mass is 634 g/mol. The van der Waals surface area contributed by atoms with Crippen LogP contribution in [-0.4, -0.2) is 25.9 Å². The largest absolute Gasteiger partial charge is 0.692 e. The standard InChI is InChI=1S/C42H53BF2N2/c1-27(19-29(3)46-13)31(5)40(32(6)28(2)20-30(4)47-43(44)45)37-22-34(33-17-15-14-16-18-33)21-35(23-37)36-24-38(41(7,8)9)26-39(25-36)42(10,11)12/h14-26,32H,1-13H3/b27-19-,28-20-,40-31-,46-29+,47-30+. The molecule has 0 aromatic heterocycles. The fraction of sp³-hybridized carbons (Fsp3) is 0.381. The summed E-state index contributed by atoms with van der Waals surface area (Å²) in [6.07, 6.45) is 3.89. The minimum atomic E-state index is -2.74. The Hall–Kier alpha value is -3.86.